The normalized spacial score (nSPS) is 17.4. The van der Waals surface area contributed by atoms with E-state index in [1.807, 2.05) is 19.1 Å². The van der Waals surface area contributed by atoms with Gasteiger partial charge < -0.3 is 10.1 Å². The van der Waals surface area contributed by atoms with Gasteiger partial charge in [0, 0.05) is 5.56 Å². The van der Waals surface area contributed by atoms with Gasteiger partial charge in [0.25, 0.3) is 0 Å². The Morgan fingerprint density at radius 2 is 1.77 bits per heavy atom. The second-order valence-electron chi connectivity index (χ2n) is 7.85. The summed E-state index contributed by atoms with van der Waals surface area (Å²) in [7, 11) is 0. The highest BCUT2D eigenvalue weighted by molar-refractivity contribution is 5.94. The monoisotopic (exact) mass is 351 g/mol. The Bertz CT molecular complexity index is 818. The van der Waals surface area contributed by atoms with Crippen molar-refractivity contribution in [2.24, 2.45) is 0 Å². The maximum absolute atomic E-state index is 12.4. The molecule has 1 N–H and O–H groups in total. The third kappa shape index (κ3) is 3.79. The highest BCUT2D eigenvalue weighted by Crippen LogP contribution is 2.33. The zero-order valence-corrected chi connectivity index (χ0v) is 15.7. The molecule has 2 aromatic carbocycles. The van der Waals surface area contributed by atoms with Crippen molar-refractivity contribution in [3.63, 3.8) is 0 Å². The number of carbonyl (C=O) groups excluding carboxylic acids is 2. The quantitative estimate of drug-likeness (QED) is 0.827. The van der Waals surface area contributed by atoms with Crippen molar-refractivity contribution in [3.8, 4) is 0 Å². The smallest absolute Gasteiger partial charge is 0.339 e. The van der Waals surface area contributed by atoms with Gasteiger partial charge in [0.15, 0.2) is 0 Å². The molecule has 1 heterocycles. The molecule has 0 aliphatic carbocycles. The van der Waals surface area contributed by atoms with E-state index in [9.17, 15) is 9.59 Å². The first kappa shape index (κ1) is 18.2. The maximum Gasteiger partial charge on any atom is 0.339 e. The lowest BCUT2D eigenvalue weighted by atomic mass is 9.86. The molecule has 1 aliphatic heterocycles. The molecule has 2 aromatic rings. The van der Waals surface area contributed by atoms with Crippen LogP contribution in [0.4, 0.5) is 0 Å². The molecule has 26 heavy (non-hydrogen) atoms. The number of hydrogen-bond acceptors (Lipinski definition) is 3. The minimum absolute atomic E-state index is 0.102. The van der Waals surface area contributed by atoms with Crippen LogP contribution >= 0.6 is 0 Å². The molecule has 4 nitrogen and oxygen atoms in total. The Balaban J connectivity index is 1.63. The van der Waals surface area contributed by atoms with E-state index in [0.717, 1.165) is 11.1 Å². The Labute approximate surface area is 154 Å². The Hall–Kier alpha value is -2.62. The number of hydrogen-bond donors (Lipinski definition) is 1. The number of fused-ring (bicyclic) bond motifs is 1. The minimum Gasteiger partial charge on any atom is -0.453 e. The summed E-state index contributed by atoms with van der Waals surface area (Å²) in [6.07, 6.45) is -0.373. The van der Waals surface area contributed by atoms with Gasteiger partial charge >= 0.3 is 5.97 Å². The van der Waals surface area contributed by atoms with Crippen LogP contribution in [-0.2, 0) is 14.9 Å². The summed E-state index contributed by atoms with van der Waals surface area (Å²) in [5.41, 5.74) is 3.75. The fourth-order valence-corrected chi connectivity index (χ4v) is 3.20. The number of nitrogens with one attached hydrogen (secondary N) is 1. The number of benzene rings is 2. The lowest BCUT2D eigenvalue weighted by Crippen LogP contribution is -2.28. The van der Waals surface area contributed by atoms with Crippen molar-refractivity contribution in [2.45, 2.75) is 51.7 Å². The molecular weight excluding hydrogens is 326 g/mol. The van der Waals surface area contributed by atoms with E-state index in [1.165, 1.54) is 5.56 Å². The lowest BCUT2D eigenvalue weighted by molar-refractivity contribution is -0.123. The Morgan fingerprint density at radius 3 is 2.42 bits per heavy atom. The highest BCUT2D eigenvalue weighted by Gasteiger charge is 2.32. The van der Waals surface area contributed by atoms with Gasteiger partial charge in [-0.15, -0.1) is 0 Å². The van der Waals surface area contributed by atoms with Crippen molar-refractivity contribution in [1.29, 1.82) is 0 Å². The van der Waals surface area contributed by atoms with E-state index in [1.54, 1.807) is 12.1 Å². The van der Waals surface area contributed by atoms with Gasteiger partial charge in [0.05, 0.1) is 18.0 Å². The molecular formula is C22H25NO3. The van der Waals surface area contributed by atoms with E-state index in [4.69, 9.17) is 4.74 Å². The van der Waals surface area contributed by atoms with Gasteiger partial charge in [0.2, 0.25) is 5.91 Å². The van der Waals surface area contributed by atoms with Crippen LogP contribution in [0.1, 0.15) is 73.3 Å². The highest BCUT2D eigenvalue weighted by atomic mass is 16.5. The zero-order valence-electron chi connectivity index (χ0n) is 15.7. The summed E-state index contributed by atoms with van der Waals surface area (Å²) in [5.74, 6) is -0.490. The van der Waals surface area contributed by atoms with E-state index in [0.29, 0.717) is 5.56 Å². The third-order valence-electron chi connectivity index (χ3n) is 4.80. The van der Waals surface area contributed by atoms with Crippen molar-refractivity contribution in [1.82, 2.24) is 5.32 Å². The molecule has 4 heteroatoms. The third-order valence-corrected chi connectivity index (χ3v) is 4.80. The molecule has 0 unspecified atom stereocenters. The Kier molecular flexibility index (Phi) is 4.86. The molecule has 0 saturated carbocycles. The molecule has 0 saturated heterocycles. The lowest BCUT2D eigenvalue weighted by Gasteiger charge is -2.21. The van der Waals surface area contributed by atoms with Crippen molar-refractivity contribution >= 4 is 11.9 Å². The van der Waals surface area contributed by atoms with E-state index < -0.39 is 6.10 Å². The van der Waals surface area contributed by atoms with Gasteiger partial charge in [-0.25, -0.2) is 4.79 Å². The molecule has 2 atom stereocenters. The predicted octanol–water partition coefficient (Wildman–Crippen LogP) is 4.46. The molecule has 0 aromatic heterocycles. The molecule has 1 aliphatic rings. The SMILES string of the molecule is C[C@H](NC(=O)C[C@@H]1OC(=O)c2ccccc21)c1ccc(C(C)(C)C)cc1. The minimum atomic E-state index is -0.505. The van der Waals surface area contributed by atoms with Gasteiger partial charge in [0.1, 0.15) is 6.10 Å². The standard InChI is InChI=1S/C22H25NO3/c1-14(15-9-11-16(12-10-15)22(2,3)4)23-20(24)13-19-17-7-5-6-8-18(17)21(25)26-19/h5-12,14,19H,13H2,1-4H3,(H,23,24)/t14-,19-/m0/s1. The average molecular weight is 351 g/mol. The van der Waals surface area contributed by atoms with Crippen LogP contribution in [0.5, 0.6) is 0 Å². The summed E-state index contributed by atoms with van der Waals surface area (Å²) < 4.78 is 5.34. The number of esters is 1. The number of amides is 1. The predicted molar refractivity (Wildman–Crippen MR) is 101 cm³/mol. The van der Waals surface area contributed by atoms with E-state index >= 15 is 0 Å². The zero-order chi connectivity index (χ0) is 18.9. The topological polar surface area (TPSA) is 55.4 Å². The van der Waals surface area contributed by atoms with Gasteiger partial charge in [-0.05, 0) is 29.5 Å². The first-order valence-electron chi connectivity index (χ1n) is 8.95. The summed E-state index contributed by atoms with van der Waals surface area (Å²) in [6.45, 7) is 8.48. The molecule has 0 bridgehead atoms. The summed E-state index contributed by atoms with van der Waals surface area (Å²) in [4.78, 5) is 24.3. The fourth-order valence-electron chi connectivity index (χ4n) is 3.20. The number of cyclic esters (lactones) is 1. The first-order chi connectivity index (χ1) is 12.3. The van der Waals surface area contributed by atoms with Gasteiger partial charge in [-0.3, -0.25) is 4.79 Å². The van der Waals surface area contributed by atoms with Crippen molar-refractivity contribution in [3.05, 3.63) is 70.8 Å². The first-order valence-corrected chi connectivity index (χ1v) is 8.95. The number of rotatable bonds is 4. The van der Waals surface area contributed by atoms with Gasteiger partial charge in [-0.1, -0.05) is 63.2 Å². The van der Waals surface area contributed by atoms with Crippen LogP contribution in [0.15, 0.2) is 48.5 Å². The van der Waals surface area contributed by atoms with Crippen LogP contribution in [-0.4, -0.2) is 11.9 Å². The molecule has 0 fully saturated rings. The molecule has 3 rings (SSSR count). The summed E-state index contributed by atoms with van der Waals surface area (Å²) in [5, 5.41) is 3.00. The molecule has 136 valence electrons. The number of ether oxygens (including phenoxy) is 1. The fraction of sp³-hybridized carbons (Fsp3) is 0.364. The van der Waals surface area contributed by atoms with Crippen molar-refractivity contribution < 1.29 is 14.3 Å². The molecule has 1 amide bonds. The molecule has 0 radical (unpaired) electrons. The van der Waals surface area contributed by atoms with Crippen LogP contribution in [0.2, 0.25) is 0 Å². The summed E-state index contributed by atoms with van der Waals surface area (Å²) >= 11 is 0. The molecule has 0 spiro atoms. The largest absolute Gasteiger partial charge is 0.453 e. The van der Waals surface area contributed by atoms with Crippen LogP contribution in [0.25, 0.3) is 0 Å². The van der Waals surface area contributed by atoms with Crippen LogP contribution < -0.4 is 5.32 Å². The maximum atomic E-state index is 12.4. The van der Waals surface area contributed by atoms with Crippen LogP contribution in [0, 0.1) is 0 Å². The average Bonchev–Trinajstić information content (AvgIpc) is 2.90. The van der Waals surface area contributed by atoms with E-state index in [-0.39, 0.29) is 29.8 Å². The van der Waals surface area contributed by atoms with Gasteiger partial charge in [-0.2, -0.15) is 0 Å². The Morgan fingerprint density at radius 1 is 1.12 bits per heavy atom. The number of carbonyl (C=O) groups is 2. The van der Waals surface area contributed by atoms with Crippen molar-refractivity contribution in [2.75, 3.05) is 0 Å². The van der Waals surface area contributed by atoms with E-state index in [2.05, 4.69) is 50.4 Å². The second-order valence-corrected chi connectivity index (χ2v) is 7.85. The van der Waals surface area contributed by atoms with Crippen LogP contribution in [0.3, 0.4) is 0 Å². The second kappa shape index (κ2) is 6.94. The summed E-state index contributed by atoms with van der Waals surface area (Å²) in [6, 6.07) is 15.4.